The molecule has 1 fully saturated rings. The van der Waals surface area contributed by atoms with Gasteiger partial charge >= 0.3 is 21.1 Å². The molecule has 0 saturated heterocycles. The van der Waals surface area contributed by atoms with Crippen molar-refractivity contribution in [2.24, 2.45) is 5.92 Å². The molecule has 0 bridgehead atoms. The van der Waals surface area contributed by atoms with Crippen LogP contribution < -0.4 is 0 Å². The second-order valence-electron chi connectivity index (χ2n) is 3.20. The average molecular weight is 342 g/mol. The minimum Gasteiger partial charge on any atom is -0.333 e. The van der Waals surface area contributed by atoms with Crippen molar-refractivity contribution in [1.82, 2.24) is 0 Å². The van der Waals surface area contributed by atoms with Crippen LogP contribution in [0.2, 0.25) is 0 Å². The molecular formula is C11H10OW. The average Bonchev–Trinajstić information content (AvgIpc) is 2.15. The van der Waals surface area contributed by atoms with E-state index in [-0.39, 0.29) is 32.8 Å². The molecule has 13 heavy (non-hydrogen) atoms. The van der Waals surface area contributed by atoms with Crippen LogP contribution >= 0.6 is 0 Å². The Kier molecular flexibility index (Phi) is 3.44. The van der Waals surface area contributed by atoms with E-state index >= 15 is 0 Å². The Balaban J connectivity index is 0.000000845. The van der Waals surface area contributed by atoms with Gasteiger partial charge < -0.3 is 11.7 Å². The first kappa shape index (κ1) is 10.7. The van der Waals surface area contributed by atoms with Gasteiger partial charge in [-0.2, -0.15) is 35.9 Å². The Morgan fingerprint density at radius 3 is 2.69 bits per heavy atom. The summed E-state index contributed by atoms with van der Waals surface area (Å²) in [6.07, 6.45) is 0.648. The van der Waals surface area contributed by atoms with E-state index in [1.54, 1.807) is 0 Å². The Morgan fingerprint density at radius 1 is 1.46 bits per heavy atom. The molecule has 1 aliphatic rings. The molecule has 2 atom stereocenters. The first-order valence-corrected chi connectivity index (χ1v) is 4.11. The molecule has 66 valence electrons. The molecule has 2 heteroatoms. The zero-order valence-electron chi connectivity index (χ0n) is 7.19. The Morgan fingerprint density at radius 2 is 2.23 bits per heavy atom. The third-order valence-electron chi connectivity index (χ3n) is 2.45. The molecule has 1 nitrogen and oxygen atoms in total. The molecule has 0 N–H and O–H groups in total. The van der Waals surface area contributed by atoms with Gasteiger partial charge in [0.05, 0.1) is 0 Å². The smallest absolute Gasteiger partial charge is 0.333 e. The van der Waals surface area contributed by atoms with E-state index in [0.717, 1.165) is 5.56 Å². The quantitative estimate of drug-likeness (QED) is 0.714. The predicted molar refractivity (Wildman–Crippen MR) is 46.5 cm³/mol. The molecule has 0 aliphatic heterocycles. The van der Waals surface area contributed by atoms with E-state index in [2.05, 4.69) is 13.0 Å². The number of carbonyl (C=O) groups is 1. The molecule has 1 aliphatic carbocycles. The van der Waals surface area contributed by atoms with Crippen LogP contribution in [0, 0.1) is 18.9 Å². The molecule has 0 heterocycles. The Hall–Kier alpha value is -0.422. The van der Waals surface area contributed by atoms with Gasteiger partial charge in [0.25, 0.3) is 0 Å². The Labute approximate surface area is 92.8 Å². The molecule has 0 spiro atoms. The maximum atomic E-state index is 10.9. The van der Waals surface area contributed by atoms with Crippen molar-refractivity contribution in [1.29, 1.82) is 0 Å². The van der Waals surface area contributed by atoms with Crippen LogP contribution in [0.1, 0.15) is 17.9 Å². The maximum absolute atomic E-state index is 10.9. The summed E-state index contributed by atoms with van der Waals surface area (Å²) in [6, 6.07) is 10.9. The van der Waals surface area contributed by atoms with Crippen molar-refractivity contribution in [3.8, 4) is 0 Å². The number of Topliss-reactive ketones (excluding diaryl/α,β-unsaturated/α-hetero) is 1. The molecular weight excluding hydrogens is 332 g/mol. The largest absolute Gasteiger partial charge is 2.00 e. The predicted octanol–water partition coefficient (Wildman–Crippen LogP) is 1.99. The molecule has 1 saturated carbocycles. The van der Waals surface area contributed by atoms with Gasteiger partial charge in [0.15, 0.2) is 0 Å². The summed E-state index contributed by atoms with van der Waals surface area (Å²) in [5.41, 5.74) is 1.12. The van der Waals surface area contributed by atoms with Gasteiger partial charge in [-0.1, -0.05) is 5.92 Å². The van der Waals surface area contributed by atoms with E-state index in [0.29, 0.717) is 12.3 Å². The SMILES string of the molecule is [CH2-]C1C(=O)CC1c1[c-]cccc1.[W+2]. The second kappa shape index (κ2) is 4.19. The Bertz CT molecular complexity index is 294. The summed E-state index contributed by atoms with van der Waals surface area (Å²) in [7, 11) is 0. The monoisotopic (exact) mass is 342 g/mol. The van der Waals surface area contributed by atoms with Gasteiger partial charge in [-0.05, 0) is 0 Å². The van der Waals surface area contributed by atoms with Crippen molar-refractivity contribution in [3.63, 3.8) is 0 Å². The van der Waals surface area contributed by atoms with Crippen molar-refractivity contribution >= 4 is 5.78 Å². The van der Waals surface area contributed by atoms with E-state index in [1.165, 1.54) is 0 Å². The summed E-state index contributed by atoms with van der Waals surface area (Å²) in [5, 5.41) is 0. The van der Waals surface area contributed by atoms with Gasteiger partial charge in [-0.3, -0.25) is 0 Å². The number of hydrogen-bond donors (Lipinski definition) is 0. The third kappa shape index (κ3) is 1.91. The van der Waals surface area contributed by atoms with Crippen LogP contribution in [-0.4, -0.2) is 5.78 Å². The van der Waals surface area contributed by atoms with Crippen molar-refractivity contribution in [2.75, 3.05) is 0 Å². The fraction of sp³-hybridized carbons (Fsp3) is 0.273. The van der Waals surface area contributed by atoms with Crippen molar-refractivity contribution < 1.29 is 25.9 Å². The normalized spacial score (nSPS) is 26.1. The minimum atomic E-state index is -0.0383. The molecule has 0 radical (unpaired) electrons. The molecule has 1 aromatic rings. The van der Waals surface area contributed by atoms with Crippen molar-refractivity contribution in [2.45, 2.75) is 12.3 Å². The zero-order valence-corrected chi connectivity index (χ0v) is 10.1. The number of benzene rings is 1. The topological polar surface area (TPSA) is 17.1 Å². The number of rotatable bonds is 1. The van der Waals surface area contributed by atoms with E-state index in [1.807, 2.05) is 24.3 Å². The number of ketones is 1. The van der Waals surface area contributed by atoms with Gasteiger partial charge in [0.2, 0.25) is 0 Å². The van der Waals surface area contributed by atoms with Crippen LogP contribution in [-0.2, 0) is 25.9 Å². The fourth-order valence-electron chi connectivity index (χ4n) is 1.54. The summed E-state index contributed by atoms with van der Waals surface area (Å²) < 4.78 is 0. The summed E-state index contributed by atoms with van der Waals surface area (Å²) in [5.74, 6) is 0.555. The van der Waals surface area contributed by atoms with Gasteiger partial charge in [-0.15, -0.1) is 5.92 Å². The van der Waals surface area contributed by atoms with E-state index < -0.39 is 0 Å². The number of carbonyl (C=O) groups excluding carboxylic acids is 1. The fourth-order valence-corrected chi connectivity index (χ4v) is 1.54. The molecule has 1 aromatic carbocycles. The minimum absolute atomic E-state index is 0. The van der Waals surface area contributed by atoms with Gasteiger partial charge in [0.1, 0.15) is 5.78 Å². The number of hydrogen-bond acceptors (Lipinski definition) is 1. The van der Waals surface area contributed by atoms with Gasteiger partial charge in [0, 0.05) is 6.42 Å². The van der Waals surface area contributed by atoms with E-state index in [4.69, 9.17) is 0 Å². The first-order chi connectivity index (χ1) is 5.79. The van der Waals surface area contributed by atoms with Crippen LogP contribution in [0.4, 0.5) is 0 Å². The van der Waals surface area contributed by atoms with E-state index in [9.17, 15) is 4.79 Å². The second-order valence-corrected chi connectivity index (χ2v) is 3.20. The van der Waals surface area contributed by atoms with Crippen LogP contribution in [0.5, 0.6) is 0 Å². The molecule has 0 aromatic heterocycles. The van der Waals surface area contributed by atoms with Crippen molar-refractivity contribution in [3.05, 3.63) is 42.8 Å². The summed E-state index contributed by atoms with van der Waals surface area (Å²) >= 11 is 0. The zero-order chi connectivity index (χ0) is 8.55. The van der Waals surface area contributed by atoms with Crippen LogP contribution in [0.25, 0.3) is 0 Å². The molecule has 2 rings (SSSR count). The summed E-state index contributed by atoms with van der Waals surface area (Å²) in [6.45, 7) is 3.81. The molecule has 2 unspecified atom stereocenters. The first-order valence-electron chi connectivity index (χ1n) is 4.11. The van der Waals surface area contributed by atoms with Gasteiger partial charge in [-0.25, -0.2) is 0 Å². The molecule has 0 amide bonds. The maximum Gasteiger partial charge on any atom is 2.00 e. The van der Waals surface area contributed by atoms with Crippen LogP contribution in [0.3, 0.4) is 0 Å². The standard InChI is InChI=1S/C11H10O.W/c1-8-10(7-11(8)12)9-5-3-2-4-6-9;/h2-5,8,10H,1,7H2;/q-2;+2. The third-order valence-corrected chi connectivity index (χ3v) is 2.45. The van der Waals surface area contributed by atoms with Crippen LogP contribution in [0.15, 0.2) is 24.3 Å². The summed E-state index contributed by atoms with van der Waals surface area (Å²) in [4.78, 5) is 10.9.